The van der Waals surface area contributed by atoms with Crippen LogP contribution in [0, 0.1) is 5.82 Å². The van der Waals surface area contributed by atoms with Gasteiger partial charge in [0.2, 0.25) is 0 Å². The summed E-state index contributed by atoms with van der Waals surface area (Å²) < 4.78 is 18.4. The molecular formula is C12H16FNO2. The Bertz CT molecular complexity index is 370. The molecule has 0 radical (unpaired) electrons. The minimum absolute atomic E-state index is 0.125. The molecule has 0 bridgehead atoms. The molecule has 0 aliphatic carbocycles. The first-order valence-electron chi connectivity index (χ1n) is 5.49. The van der Waals surface area contributed by atoms with E-state index in [1.165, 1.54) is 18.2 Å². The van der Waals surface area contributed by atoms with Gasteiger partial charge >= 0.3 is 0 Å². The highest BCUT2D eigenvalue weighted by atomic mass is 19.1. The van der Waals surface area contributed by atoms with E-state index >= 15 is 0 Å². The van der Waals surface area contributed by atoms with Crippen LogP contribution in [0.25, 0.3) is 0 Å². The lowest BCUT2D eigenvalue weighted by Crippen LogP contribution is -2.34. The summed E-state index contributed by atoms with van der Waals surface area (Å²) in [5.41, 5.74) is 0.583. The second-order valence-corrected chi connectivity index (χ2v) is 4.13. The average Bonchev–Trinajstić information content (AvgIpc) is 2.66. The van der Waals surface area contributed by atoms with Crippen molar-refractivity contribution in [2.45, 2.75) is 32.0 Å². The van der Waals surface area contributed by atoms with Gasteiger partial charge in [0.15, 0.2) is 0 Å². The normalized spacial score (nSPS) is 24.9. The fraction of sp³-hybridized carbons (Fsp3) is 0.500. The van der Waals surface area contributed by atoms with Crippen LogP contribution in [0.4, 0.5) is 4.39 Å². The fourth-order valence-corrected chi connectivity index (χ4v) is 1.94. The van der Waals surface area contributed by atoms with Crippen LogP contribution in [-0.4, -0.2) is 23.9 Å². The van der Waals surface area contributed by atoms with Crippen molar-refractivity contribution >= 4 is 0 Å². The molecule has 88 valence electrons. The fourth-order valence-electron chi connectivity index (χ4n) is 1.94. The van der Waals surface area contributed by atoms with Crippen LogP contribution in [0.1, 0.15) is 18.9 Å². The third-order valence-electron chi connectivity index (χ3n) is 2.97. The van der Waals surface area contributed by atoms with Crippen LogP contribution in [0.15, 0.2) is 18.2 Å². The Morgan fingerprint density at radius 2 is 2.38 bits per heavy atom. The standard InChI is InChI=1S/C12H16FNO2/c1-8-11(4-5-16-8)14-7-9-6-10(13)2-3-12(9)15/h2-3,6,8,11,14-15H,4-5,7H2,1H3. The highest BCUT2D eigenvalue weighted by Gasteiger charge is 2.23. The SMILES string of the molecule is CC1OCCC1NCc1cc(F)ccc1O. The molecule has 4 heteroatoms. The molecule has 1 saturated heterocycles. The molecule has 1 heterocycles. The molecular weight excluding hydrogens is 209 g/mol. The van der Waals surface area contributed by atoms with Crippen molar-refractivity contribution in [1.82, 2.24) is 5.32 Å². The van der Waals surface area contributed by atoms with Gasteiger partial charge in [-0.15, -0.1) is 0 Å². The van der Waals surface area contributed by atoms with Gasteiger partial charge in [0.05, 0.1) is 6.10 Å². The van der Waals surface area contributed by atoms with Gasteiger partial charge in [-0.1, -0.05) is 0 Å². The Morgan fingerprint density at radius 3 is 3.06 bits per heavy atom. The van der Waals surface area contributed by atoms with Crippen molar-refractivity contribution in [2.24, 2.45) is 0 Å². The van der Waals surface area contributed by atoms with Gasteiger partial charge in [0.1, 0.15) is 11.6 Å². The molecule has 0 amide bonds. The van der Waals surface area contributed by atoms with Crippen LogP contribution in [0.2, 0.25) is 0 Å². The third kappa shape index (κ3) is 2.51. The zero-order chi connectivity index (χ0) is 11.5. The quantitative estimate of drug-likeness (QED) is 0.824. The molecule has 0 aromatic heterocycles. The van der Waals surface area contributed by atoms with Gasteiger partial charge in [-0.05, 0) is 31.5 Å². The van der Waals surface area contributed by atoms with E-state index in [0.29, 0.717) is 12.1 Å². The van der Waals surface area contributed by atoms with E-state index in [1.807, 2.05) is 6.92 Å². The van der Waals surface area contributed by atoms with E-state index in [0.717, 1.165) is 13.0 Å². The van der Waals surface area contributed by atoms with Crippen LogP contribution in [0.5, 0.6) is 5.75 Å². The Hall–Kier alpha value is -1.13. The van der Waals surface area contributed by atoms with Gasteiger partial charge in [-0.3, -0.25) is 0 Å². The molecule has 1 fully saturated rings. The number of hydrogen-bond acceptors (Lipinski definition) is 3. The average molecular weight is 225 g/mol. The number of phenolic OH excluding ortho intramolecular Hbond substituents is 1. The van der Waals surface area contributed by atoms with Crippen molar-refractivity contribution < 1.29 is 14.2 Å². The molecule has 16 heavy (non-hydrogen) atoms. The lowest BCUT2D eigenvalue weighted by atomic mass is 10.1. The molecule has 0 spiro atoms. The smallest absolute Gasteiger partial charge is 0.123 e. The minimum atomic E-state index is -0.328. The number of ether oxygens (including phenoxy) is 1. The van der Waals surface area contributed by atoms with Gasteiger partial charge in [0, 0.05) is 24.8 Å². The number of aromatic hydroxyl groups is 1. The summed E-state index contributed by atoms with van der Waals surface area (Å²) >= 11 is 0. The highest BCUT2D eigenvalue weighted by molar-refractivity contribution is 5.32. The summed E-state index contributed by atoms with van der Waals surface area (Å²) in [6, 6.07) is 4.26. The lowest BCUT2D eigenvalue weighted by molar-refractivity contribution is 0.113. The van der Waals surface area contributed by atoms with Crippen molar-refractivity contribution in [2.75, 3.05) is 6.61 Å². The first-order chi connectivity index (χ1) is 7.66. The van der Waals surface area contributed by atoms with E-state index in [9.17, 15) is 9.50 Å². The number of halogens is 1. The topological polar surface area (TPSA) is 41.5 Å². The number of hydrogen-bond donors (Lipinski definition) is 2. The summed E-state index contributed by atoms with van der Waals surface area (Å²) in [4.78, 5) is 0. The van der Waals surface area contributed by atoms with Gasteiger partial charge in [0.25, 0.3) is 0 Å². The molecule has 2 unspecified atom stereocenters. The monoisotopic (exact) mass is 225 g/mol. The maximum absolute atomic E-state index is 13.0. The number of rotatable bonds is 3. The van der Waals surface area contributed by atoms with Crippen molar-refractivity contribution in [3.05, 3.63) is 29.6 Å². The number of phenols is 1. The van der Waals surface area contributed by atoms with E-state index in [2.05, 4.69) is 5.32 Å². The summed E-state index contributed by atoms with van der Waals surface area (Å²) in [7, 11) is 0. The van der Waals surface area contributed by atoms with Crippen molar-refractivity contribution in [3.63, 3.8) is 0 Å². The minimum Gasteiger partial charge on any atom is -0.508 e. The maximum Gasteiger partial charge on any atom is 0.123 e. The maximum atomic E-state index is 13.0. The van der Waals surface area contributed by atoms with Crippen molar-refractivity contribution in [3.8, 4) is 5.75 Å². The van der Waals surface area contributed by atoms with E-state index in [4.69, 9.17) is 4.74 Å². The summed E-state index contributed by atoms with van der Waals surface area (Å²) in [6.07, 6.45) is 1.13. The second kappa shape index (κ2) is 4.80. The Kier molecular flexibility index (Phi) is 3.41. The molecule has 2 atom stereocenters. The molecule has 2 rings (SSSR count). The summed E-state index contributed by atoms with van der Waals surface area (Å²) in [5, 5.41) is 12.8. The van der Waals surface area contributed by atoms with E-state index in [1.54, 1.807) is 0 Å². The van der Waals surface area contributed by atoms with Crippen LogP contribution < -0.4 is 5.32 Å². The molecule has 1 aliphatic heterocycles. The molecule has 1 aromatic carbocycles. The molecule has 2 N–H and O–H groups in total. The van der Waals surface area contributed by atoms with Gasteiger partial charge in [-0.2, -0.15) is 0 Å². The zero-order valence-electron chi connectivity index (χ0n) is 9.24. The third-order valence-corrected chi connectivity index (χ3v) is 2.97. The zero-order valence-corrected chi connectivity index (χ0v) is 9.24. The van der Waals surface area contributed by atoms with Crippen LogP contribution >= 0.6 is 0 Å². The van der Waals surface area contributed by atoms with E-state index in [-0.39, 0.29) is 23.7 Å². The summed E-state index contributed by atoms with van der Waals surface area (Å²) in [5.74, 6) is -0.203. The van der Waals surface area contributed by atoms with Gasteiger partial charge in [-0.25, -0.2) is 4.39 Å². The first kappa shape index (κ1) is 11.4. The van der Waals surface area contributed by atoms with Crippen LogP contribution in [-0.2, 0) is 11.3 Å². The lowest BCUT2D eigenvalue weighted by Gasteiger charge is -2.16. The highest BCUT2D eigenvalue weighted by Crippen LogP contribution is 2.19. The molecule has 3 nitrogen and oxygen atoms in total. The molecule has 1 aromatic rings. The van der Waals surface area contributed by atoms with Crippen molar-refractivity contribution in [1.29, 1.82) is 0 Å². The Morgan fingerprint density at radius 1 is 1.56 bits per heavy atom. The number of benzene rings is 1. The Labute approximate surface area is 94.2 Å². The predicted molar refractivity (Wildman–Crippen MR) is 58.7 cm³/mol. The number of nitrogens with one attached hydrogen (secondary N) is 1. The first-order valence-corrected chi connectivity index (χ1v) is 5.49. The van der Waals surface area contributed by atoms with Crippen LogP contribution in [0.3, 0.4) is 0 Å². The Balaban J connectivity index is 1.96. The molecule has 0 saturated carbocycles. The predicted octanol–water partition coefficient (Wildman–Crippen LogP) is 1.80. The second-order valence-electron chi connectivity index (χ2n) is 4.13. The van der Waals surface area contributed by atoms with Gasteiger partial charge < -0.3 is 15.2 Å². The van der Waals surface area contributed by atoms with E-state index < -0.39 is 0 Å². The largest absolute Gasteiger partial charge is 0.508 e. The summed E-state index contributed by atoms with van der Waals surface area (Å²) in [6.45, 7) is 3.23. The molecule has 1 aliphatic rings.